The van der Waals surface area contributed by atoms with Gasteiger partial charge in [0.05, 0.1) is 10.7 Å². The Balaban J connectivity index is 1.35. The van der Waals surface area contributed by atoms with Gasteiger partial charge in [0, 0.05) is 34.5 Å². The van der Waals surface area contributed by atoms with E-state index in [0.717, 1.165) is 27.6 Å². The van der Waals surface area contributed by atoms with Crippen LogP contribution in [0.2, 0.25) is 0 Å². The van der Waals surface area contributed by atoms with E-state index in [1.54, 1.807) is 23.6 Å². The molecule has 2 aromatic heterocycles. The van der Waals surface area contributed by atoms with Crippen LogP contribution in [-0.4, -0.2) is 15.9 Å². The van der Waals surface area contributed by atoms with Gasteiger partial charge in [-0.15, -0.1) is 22.7 Å². The van der Waals surface area contributed by atoms with E-state index < -0.39 is 0 Å². The highest BCUT2D eigenvalue weighted by atomic mass is 32.1. The minimum Gasteiger partial charge on any atom is -0.487 e. The number of aryl methyl sites for hydroxylation is 1. The summed E-state index contributed by atoms with van der Waals surface area (Å²) < 4.78 is 5.90. The average Bonchev–Trinajstić information content (AvgIpc) is 3.40. The third-order valence-corrected chi connectivity index (χ3v) is 6.12. The Hall–Kier alpha value is -3.29. The maximum absolute atomic E-state index is 12.4. The van der Waals surface area contributed by atoms with Crippen LogP contribution in [0, 0.1) is 6.92 Å². The number of carbonyl (C=O) groups excluding carboxylic acids is 1. The van der Waals surface area contributed by atoms with Crippen LogP contribution in [0.3, 0.4) is 0 Å². The van der Waals surface area contributed by atoms with Gasteiger partial charge in [-0.2, -0.15) is 0 Å². The van der Waals surface area contributed by atoms with E-state index in [0.29, 0.717) is 17.5 Å². The van der Waals surface area contributed by atoms with Crippen LogP contribution in [-0.2, 0) is 17.8 Å². The number of aromatic nitrogens is 2. The van der Waals surface area contributed by atoms with Crippen molar-refractivity contribution in [2.75, 3.05) is 5.32 Å². The largest absolute Gasteiger partial charge is 0.487 e. The van der Waals surface area contributed by atoms with Gasteiger partial charge in [0.15, 0.2) is 5.13 Å². The van der Waals surface area contributed by atoms with E-state index >= 15 is 0 Å². The van der Waals surface area contributed by atoms with Gasteiger partial charge in [-0.05, 0) is 24.6 Å². The number of benzene rings is 2. The van der Waals surface area contributed by atoms with Crippen molar-refractivity contribution in [3.05, 3.63) is 99.0 Å². The molecule has 0 atom stereocenters. The molecular formula is C24H21N3O2S2. The predicted molar refractivity (Wildman–Crippen MR) is 127 cm³/mol. The van der Waals surface area contributed by atoms with Gasteiger partial charge in [0.1, 0.15) is 12.4 Å². The van der Waals surface area contributed by atoms with Crippen LogP contribution in [0.1, 0.15) is 26.7 Å². The molecule has 2 aromatic carbocycles. The summed E-state index contributed by atoms with van der Waals surface area (Å²) in [6.07, 6.45) is 5.84. The molecule has 4 rings (SSSR count). The Labute approximate surface area is 189 Å². The number of hydrogen-bond donors (Lipinski definition) is 1. The number of anilines is 1. The molecule has 0 aliphatic heterocycles. The Kier molecular flexibility index (Phi) is 6.86. The summed E-state index contributed by atoms with van der Waals surface area (Å²) in [7, 11) is 0. The van der Waals surface area contributed by atoms with E-state index in [9.17, 15) is 4.79 Å². The number of para-hydroxylation sites is 1. The number of amides is 1. The van der Waals surface area contributed by atoms with Gasteiger partial charge < -0.3 is 4.74 Å². The lowest BCUT2D eigenvalue weighted by Crippen LogP contribution is -2.07. The van der Waals surface area contributed by atoms with Crippen molar-refractivity contribution in [1.82, 2.24) is 9.97 Å². The molecule has 2 heterocycles. The number of nitrogens with one attached hydrogen (secondary N) is 1. The number of rotatable bonds is 8. The first-order valence-corrected chi connectivity index (χ1v) is 11.5. The number of ether oxygens (including phenoxy) is 1. The summed E-state index contributed by atoms with van der Waals surface area (Å²) in [5.41, 5.74) is 2.94. The van der Waals surface area contributed by atoms with Crippen molar-refractivity contribution in [2.24, 2.45) is 0 Å². The Morgan fingerprint density at radius 1 is 1.13 bits per heavy atom. The maximum Gasteiger partial charge on any atom is 0.250 e. The molecule has 0 fully saturated rings. The minimum absolute atomic E-state index is 0.231. The van der Waals surface area contributed by atoms with E-state index in [1.165, 1.54) is 23.0 Å². The zero-order valence-electron chi connectivity index (χ0n) is 16.9. The molecule has 5 nitrogen and oxygen atoms in total. The van der Waals surface area contributed by atoms with Crippen LogP contribution < -0.4 is 10.1 Å². The fourth-order valence-electron chi connectivity index (χ4n) is 2.93. The van der Waals surface area contributed by atoms with Gasteiger partial charge in [-0.3, -0.25) is 10.1 Å². The second-order valence-corrected chi connectivity index (χ2v) is 8.98. The molecule has 156 valence electrons. The van der Waals surface area contributed by atoms with Gasteiger partial charge in [-0.1, -0.05) is 48.5 Å². The monoisotopic (exact) mass is 447 g/mol. The first-order chi connectivity index (χ1) is 15.2. The van der Waals surface area contributed by atoms with Gasteiger partial charge in [-0.25, -0.2) is 9.97 Å². The minimum atomic E-state index is -0.231. The Morgan fingerprint density at radius 2 is 1.94 bits per heavy atom. The number of hydrogen-bond acceptors (Lipinski definition) is 6. The quantitative estimate of drug-likeness (QED) is 0.350. The summed E-state index contributed by atoms with van der Waals surface area (Å²) in [5, 5.41) is 6.42. The van der Waals surface area contributed by atoms with Crippen molar-refractivity contribution in [1.29, 1.82) is 0 Å². The molecule has 0 bridgehead atoms. The number of nitrogens with zero attached hydrogens (tertiary/aromatic N) is 2. The summed E-state index contributed by atoms with van der Waals surface area (Å²) in [6, 6.07) is 17.8. The third-order valence-electron chi connectivity index (χ3n) is 4.38. The topological polar surface area (TPSA) is 64.1 Å². The first-order valence-electron chi connectivity index (χ1n) is 9.76. The lowest BCUT2D eigenvalue weighted by molar-refractivity contribution is -0.111. The SMILES string of the molecule is Cc1nc(COc2ccccc2/C=C/C(=O)Nc2ncc(Cc3ccccc3)s2)cs1. The smallest absolute Gasteiger partial charge is 0.250 e. The second-order valence-electron chi connectivity index (χ2n) is 6.80. The molecule has 1 N–H and O–H groups in total. The molecule has 0 aliphatic rings. The molecule has 0 radical (unpaired) electrons. The van der Waals surface area contributed by atoms with Gasteiger partial charge in [0.2, 0.25) is 5.91 Å². The van der Waals surface area contributed by atoms with Crippen molar-refractivity contribution >= 4 is 39.8 Å². The fraction of sp³-hybridized carbons (Fsp3) is 0.125. The number of thiazole rings is 2. The van der Waals surface area contributed by atoms with Crippen LogP contribution in [0.5, 0.6) is 5.75 Å². The summed E-state index contributed by atoms with van der Waals surface area (Å²) in [4.78, 5) is 22.2. The van der Waals surface area contributed by atoms with E-state index in [4.69, 9.17) is 4.74 Å². The molecule has 0 saturated carbocycles. The molecule has 31 heavy (non-hydrogen) atoms. The highest BCUT2D eigenvalue weighted by Gasteiger charge is 2.07. The summed E-state index contributed by atoms with van der Waals surface area (Å²) in [5.74, 6) is 0.474. The normalized spacial score (nSPS) is 11.0. The molecule has 4 aromatic rings. The molecule has 0 spiro atoms. The van der Waals surface area contributed by atoms with Crippen LogP contribution in [0.15, 0.2) is 72.3 Å². The zero-order valence-corrected chi connectivity index (χ0v) is 18.6. The standard InChI is InChI=1S/C24H21N3O2S2/c1-17-26-20(16-30-17)15-29-22-10-6-5-9-19(22)11-12-23(28)27-24-25-14-21(31-24)13-18-7-3-2-4-8-18/h2-12,14,16H,13,15H2,1H3,(H,25,27,28)/b12-11+. The lowest BCUT2D eigenvalue weighted by Gasteiger charge is -2.07. The highest BCUT2D eigenvalue weighted by Crippen LogP contribution is 2.23. The lowest BCUT2D eigenvalue weighted by atomic mass is 10.1. The van der Waals surface area contributed by atoms with Crippen molar-refractivity contribution in [3.63, 3.8) is 0 Å². The van der Waals surface area contributed by atoms with Crippen molar-refractivity contribution in [3.8, 4) is 5.75 Å². The van der Waals surface area contributed by atoms with Crippen LogP contribution in [0.4, 0.5) is 5.13 Å². The van der Waals surface area contributed by atoms with Gasteiger partial charge in [0.25, 0.3) is 0 Å². The zero-order chi connectivity index (χ0) is 21.5. The molecule has 0 unspecified atom stereocenters. The average molecular weight is 448 g/mol. The van der Waals surface area contributed by atoms with E-state index in [1.807, 2.05) is 54.8 Å². The van der Waals surface area contributed by atoms with E-state index in [-0.39, 0.29) is 5.91 Å². The van der Waals surface area contributed by atoms with Crippen LogP contribution in [0.25, 0.3) is 6.08 Å². The Bertz CT molecular complexity index is 1180. The van der Waals surface area contributed by atoms with Crippen molar-refractivity contribution in [2.45, 2.75) is 20.0 Å². The molecule has 0 aliphatic carbocycles. The Morgan fingerprint density at radius 3 is 2.74 bits per heavy atom. The van der Waals surface area contributed by atoms with Gasteiger partial charge >= 0.3 is 0 Å². The maximum atomic E-state index is 12.4. The second kappa shape index (κ2) is 10.1. The summed E-state index contributed by atoms with van der Waals surface area (Å²) >= 11 is 3.08. The molecular weight excluding hydrogens is 426 g/mol. The third kappa shape index (κ3) is 6.10. The molecule has 0 saturated heterocycles. The van der Waals surface area contributed by atoms with E-state index in [2.05, 4.69) is 27.4 Å². The molecule has 7 heteroatoms. The first kappa shape index (κ1) is 21.0. The molecule has 1 amide bonds. The van der Waals surface area contributed by atoms with Crippen LogP contribution >= 0.6 is 22.7 Å². The fourth-order valence-corrected chi connectivity index (χ4v) is 4.38. The van der Waals surface area contributed by atoms with Crippen molar-refractivity contribution < 1.29 is 9.53 Å². The number of carbonyl (C=O) groups is 1. The highest BCUT2D eigenvalue weighted by molar-refractivity contribution is 7.15. The predicted octanol–water partition coefficient (Wildman–Crippen LogP) is 5.73. The summed E-state index contributed by atoms with van der Waals surface area (Å²) in [6.45, 7) is 2.36.